The number of carboxylic acid groups (broad SMARTS) is 1. The predicted molar refractivity (Wildman–Crippen MR) is 87.6 cm³/mol. The Kier molecular flexibility index (Phi) is 4.12. The van der Waals surface area contributed by atoms with E-state index in [0.717, 1.165) is 11.1 Å². The number of ether oxygens (including phenoxy) is 1. The van der Waals surface area contributed by atoms with Crippen LogP contribution in [0.3, 0.4) is 0 Å². The molecule has 6 nitrogen and oxygen atoms in total. The molecule has 0 radical (unpaired) electrons. The van der Waals surface area contributed by atoms with Crippen LogP contribution in [0.5, 0.6) is 11.5 Å². The molecule has 0 unspecified atom stereocenters. The molecule has 0 saturated carbocycles. The summed E-state index contributed by atoms with van der Waals surface area (Å²) in [4.78, 5) is 15.3. The summed E-state index contributed by atoms with van der Waals surface area (Å²) >= 11 is 3.17. The smallest absolute Gasteiger partial charge is 0.340 e. The van der Waals surface area contributed by atoms with Crippen LogP contribution in [0.1, 0.15) is 10.4 Å². The van der Waals surface area contributed by atoms with Crippen LogP contribution in [-0.4, -0.2) is 25.8 Å². The molecule has 0 aliphatic heterocycles. The van der Waals surface area contributed by atoms with Crippen molar-refractivity contribution in [3.8, 4) is 22.6 Å². The Labute approximate surface area is 140 Å². The van der Waals surface area contributed by atoms with Gasteiger partial charge in [0.25, 0.3) is 0 Å². The van der Waals surface area contributed by atoms with Gasteiger partial charge in [-0.3, -0.25) is 9.67 Å². The zero-order valence-electron chi connectivity index (χ0n) is 12.1. The number of aromatic nitrogens is 3. The van der Waals surface area contributed by atoms with E-state index in [-0.39, 0.29) is 11.3 Å². The average Bonchev–Trinajstić information content (AvgIpc) is 2.94. The van der Waals surface area contributed by atoms with Crippen molar-refractivity contribution in [2.75, 3.05) is 0 Å². The number of carbonyl (C=O) groups is 1. The molecular weight excluding hydrogens is 362 g/mol. The highest BCUT2D eigenvalue weighted by molar-refractivity contribution is 9.10. The van der Waals surface area contributed by atoms with E-state index < -0.39 is 5.97 Å². The van der Waals surface area contributed by atoms with Gasteiger partial charge in [-0.05, 0) is 33.6 Å². The molecule has 0 spiro atoms. The number of carboxylic acids is 1. The number of hydrogen-bond donors (Lipinski definition) is 1. The van der Waals surface area contributed by atoms with Gasteiger partial charge < -0.3 is 9.84 Å². The highest BCUT2D eigenvalue weighted by Gasteiger charge is 2.16. The number of aromatic carboxylic acids is 1. The van der Waals surface area contributed by atoms with Crippen LogP contribution in [0.15, 0.2) is 53.5 Å². The molecule has 7 heteroatoms. The van der Waals surface area contributed by atoms with Crippen molar-refractivity contribution in [2.45, 2.75) is 0 Å². The Balaban J connectivity index is 1.87. The average molecular weight is 374 g/mol. The standard InChI is InChI=1S/C16H12BrN3O3/c1-20-9-11(6-19-20)10-2-4-12(5-3-10)23-14-8-18-7-13(17)15(14)16(21)22/h2-9H,1H3,(H,21,22). The Morgan fingerprint density at radius 3 is 2.52 bits per heavy atom. The van der Waals surface area contributed by atoms with Crippen molar-refractivity contribution in [2.24, 2.45) is 7.05 Å². The second-order valence-electron chi connectivity index (χ2n) is 4.83. The predicted octanol–water partition coefficient (Wildman–Crippen LogP) is 3.74. The molecule has 0 aliphatic rings. The Morgan fingerprint density at radius 2 is 1.91 bits per heavy atom. The number of halogens is 1. The summed E-state index contributed by atoms with van der Waals surface area (Å²) in [7, 11) is 1.86. The first-order valence-electron chi connectivity index (χ1n) is 6.68. The van der Waals surface area contributed by atoms with Crippen molar-refractivity contribution in [3.05, 3.63) is 59.1 Å². The summed E-state index contributed by atoms with van der Waals surface area (Å²) in [5.74, 6) is -0.373. The first kappa shape index (κ1) is 15.2. The van der Waals surface area contributed by atoms with Gasteiger partial charge in [-0.25, -0.2) is 4.79 Å². The largest absolute Gasteiger partial charge is 0.478 e. The highest BCUT2D eigenvalue weighted by Crippen LogP contribution is 2.30. The van der Waals surface area contributed by atoms with Crippen LogP contribution in [0.4, 0.5) is 0 Å². The minimum atomic E-state index is -1.08. The van der Waals surface area contributed by atoms with Crippen LogP contribution in [0.2, 0.25) is 0 Å². The van der Waals surface area contributed by atoms with Gasteiger partial charge in [0.05, 0.1) is 16.9 Å². The zero-order valence-corrected chi connectivity index (χ0v) is 13.7. The summed E-state index contributed by atoms with van der Waals surface area (Å²) in [6.07, 6.45) is 6.48. The lowest BCUT2D eigenvalue weighted by Crippen LogP contribution is -2.02. The molecule has 2 heterocycles. The van der Waals surface area contributed by atoms with E-state index in [2.05, 4.69) is 26.0 Å². The third-order valence-electron chi connectivity index (χ3n) is 3.20. The van der Waals surface area contributed by atoms with Crippen LogP contribution in [0.25, 0.3) is 11.1 Å². The van der Waals surface area contributed by atoms with E-state index in [9.17, 15) is 9.90 Å². The maximum absolute atomic E-state index is 11.3. The van der Waals surface area contributed by atoms with Crippen molar-refractivity contribution in [3.63, 3.8) is 0 Å². The minimum absolute atomic E-state index is 0.0383. The summed E-state index contributed by atoms with van der Waals surface area (Å²) in [5, 5.41) is 13.4. The first-order valence-corrected chi connectivity index (χ1v) is 7.47. The van der Waals surface area contributed by atoms with E-state index in [1.807, 2.05) is 25.4 Å². The highest BCUT2D eigenvalue weighted by atomic mass is 79.9. The Hall–Kier alpha value is -2.67. The van der Waals surface area contributed by atoms with Gasteiger partial charge in [-0.15, -0.1) is 0 Å². The zero-order chi connectivity index (χ0) is 16.4. The lowest BCUT2D eigenvalue weighted by Gasteiger charge is -2.09. The quantitative estimate of drug-likeness (QED) is 0.753. The molecular formula is C16H12BrN3O3. The third-order valence-corrected chi connectivity index (χ3v) is 3.80. The molecule has 23 heavy (non-hydrogen) atoms. The van der Waals surface area contributed by atoms with Gasteiger partial charge in [0.1, 0.15) is 11.3 Å². The fourth-order valence-corrected chi connectivity index (χ4v) is 2.60. The van der Waals surface area contributed by atoms with Crippen LogP contribution in [0, 0.1) is 0 Å². The number of aryl methyl sites for hydroxylation is 1. The normalized spacial score (nSPS) is 10.5. The number of hydrogen-bond acceptors (Lipinski definition) is 4. The molecule has 0 atom stereocenters. The van der Waals surface area contributed by atoms with E-state index in [1.165, 1.54) is 12.4 Å². The van der Waals surface area contributed by atoms with Crippen molar-refractivity contribution >= 4 is 21.9 Å². The number of nitrogens with zero attached hydrogens (tertiary/aromatic N) is 3. The molecule has 116 valence electrons. The lowest BCUT2D eigenvalue weighted by molar-refractivity contribution is 0.0693. The summed E-state index contributed by atoms with van der Waals surface area (Å²) in [6, 6.07) is 7.32. The lowest BCUT2D eigenvalue weighted by atomic mass is 10.1. The maximum atomic E-state index is 11.3. The second kappa shape index (κ2) is 6.21. The van der Waals surface area contributed by atoms with Crippen LogP contribution < -0.4 is 4.74 Å². The number of benzene rings is 1. The third kappa shape index (κ3) is 3.24. The molecule has 0 aliphatic carbocycles. The summed E-state index contributed by atoms with van der Waals surface area (Å²) in [5.41, 5.74) is 2.03. The van der Waals surface area contributed by atoms with E-state index in [4.69, 9.17) is 4.74 Å². The molecule has 0 saturated heterocycles. The number of pyridine rings is 1. The fourth-order valence-electron chi connectivity index (χ4n) is 2.11. The molecule has 1 N–H and O–H groups in total. The summed E-state index contributed by atoms with van der Waals surface area (Å²) in [6.45, 7) is 0. The van der Waals surface area contributed by atoms with Crippen LogP contribution >= 0.6 is 15.9 Å². The van der Waals surface area contributed by atoms with Gasteiger partial charge in [0, 0.05) is 25.0 Å². The van der Waals surface area contributed by atoms with Crippen molar-refractivity contribution in [1.82, 2.24) is 14.8 Å². The second-order valence-corrected chi connectivity index (χ2v) is 5.68. The van der Waals surface area contributed by atoms with Gasteiger partial charge in [-0.1, -0.05) is 12.1 Å². The molecule has 0 fully saturated rings. The number of rotatable bonds is 4. The molecule has 0 bridgehead atoms. The van der Waals surface area contributed by atoms with Crippen LogP contribution in [-0.2, 0) is 7.05 Å². The van der Waals surface area contributed by atoms with E-state index >= 15 is 0 Å². The Bertz CT molecular complexity index is 859. The fraction of sp³-hybridized carbons (Fsp3) is 0.0625. The molecule has 2 aromatic heterocycles. The molecule has 0 amide bonds. The minimum Gasteiger partial charge on any atom is -0.478 e. The van der Waals surface area contributed by atoms with Gasteiger partial charge >= 0.3 is 5.97 Å². The van der Waals surface area contributed by atoms with Gasteiger partial charge in [0.2, 0.25) is 0 Å². The van der Waals surface area contributed by atoms with E-state index in [1.54, 1.807) is 23.0 Å². The van der Waals surface area contributed by atoms with E-state index in [0.29, 0.717) is 10.2 Å². The maximum Gasteiger partial charge on any atom is 0.340 e. The van der Waals surface area contributed by atoms with Gasteiger partial charge in [0.15, 0.2) is 5.75 Å². The molecule has 3 rings (SSSR count). The van der Waals surface area contributed by atoms with Crippen molar-refractivity contribution < 1.29 is 14.6 Å². The molecule has 3 aromatic rings. The van der Waals surface area contributed by atoms with Gasteiger partial charge in [-0.2, -0.15) is 5.10 Å². The summed E-state index contributed by atoms with van der Waals surface area (Å²) < 4.78 is 7.75. The monoisotopic (exact) mass is 373 g/mol. The van der Waals surface area contributed by atoms with Crippen molar-refractivity contribution in [1.29, 1.82) is 0 Å². The first-order chi connectivity index (χ1) is 11.0. The SMILES string of the molecule is Cn1cc(-c2ccc(Oc3cncc(Br)c3C(=O)O)cc2)cn1. The molecule has 1 aromatic carbocycles. The topological polar surface area (TPSA) is 77.2 Å². The Morgan fingerprint density at radius 1 is 1.17 bits per heavy atom.